The minimum atomic E-state index is -3.85. The number of fused-ring (bicyclic) bond motifs is 2. The standard InChI is InChI=1S/C24H21N3O4S2/c1-15-7-9-19-22(13-15)32-24(25-19)26-23(28)18-14-17(8-10-21(18)31-2)33(29,30)27-12-11-16-5-3-4-6-20(16)27/h3-10,13-14H,11-12H2,1-2H3,(H,25,26,28). The lowest BCUT2D eigenvalue weighted by Gasteiger charge is -2.20. The van der Waals surface area contributed by atoms with Crippen LogP contribution in [0.25, 0.3) is 10.2 Å². The molecule has 1 aromatic heterocycles. The third-order valence-corrected chi connectivity index (χ3v) is 8.36. The van der Waals surface area contributed by atoms with Gasteiger partial charge in [0.05, 0.1) is 33.5 Å². The number of aryl methyl sites for hydroxylation is 1. The molecule has 1 aliphatic heterocycles. The van der Waals surface area contributed by atoms with Gasteiger partial charge in [0, 0.05) is 6.54 Å². The van der Waals surface area contributed by atoms with E-state index in [1.165, 1.54) is 41.0 Å². The Labute approximate surface area is 195 Å². The second-order valence-corrected chi connectivity index (χ2v) is 10.7. The molecule has 4 aromatic rings. The topological polar surface area (TPSA) is 88.6 Å². The van der Waals surface area contributed by atoms with Crippen molar-refractivity contribution >= 4 is 48.3 Å². The van der Waals surface area contributed by atoms with Gasteiger partial charge in [-0.2, -0.15) is 0 Å². The van der Waals surface area contributed by atoms with Crippen LogP contribution in [0.2, 0.25) is 0 Å². The summed E-state index contributed by atoms with van der Waals surface area (Å²) in [5.74, 6) is -0.202. The van der Waals surface area contributed by atoms with Crippen molar-refractivity contribution in [2.24, 2.45) is 0 Å². The number of methoxy groups -OCH3 is 1. The minimum Gasteiger partial charge on any atom is -0.496 e. The Morgan fingerprint density at radius 1 is 1.12 bits per heavy atom. The van der Waals surface area contributed by atoms with E-state index in [2.05, 4.69) is 10.3 Å². The fourth-order valence-electron chi connectivity index (χ4n) is 3.96. The molecule has 33 heavy (non-hydrogen) atoms. The van der Waals surface area contributed by atoms with Gasteiger partial charge < -0.3 is 4.74 Å². The van der Waals surface area contributed by atoms with Crippen molar-refractivity contribution in [3.8, 4) is 5.75 Å². The van der Waals surface area contributed by atoms with Crippen LogP contribution < -0.4 is 14.4 Å². The summed E-state index contributed by atoms with van der Waals surface area (Å²) in [4.78, 5) is 17.6. The smallest absolute Gasteiger partial charge is 0.264 e. The average molecular weight is 480 g/mol. The van der Waals surface area contributed by atoms with Gasteiger partial charge in [0.1, 0.15) is 5.75 Å². The molecule has 1 amide bonds. The number of carbonyl (C=O) groups excluding carboxylic acids is 1. The maximum Gasteiger partial charge on any atom is 0.264 e. The first-order chi connectivity index (χ1) is 15.9. The van der Waals surface area contributed by atoms with Crippen molar-refractivity contribution in [2.45, 2.75) is 18.2 Å². The zero-order chi connectivity index (χ0) is 23.2. The number of nitrogens with one attached hydrogen (secondary N) is 1. The molecule has 0 aliphatic carbocycles. The van der Waals surface area contributed by atoms with Gasteiger partial charge in [-0.15, -0.1) is 0 Å². The van der Waals surface area contributed by atoms with E-state index in [0.29, 0.717) is 23.8 Å². The van der Waals surface area contributed by atoms with Gasteiger partial charge in [-0.3, -0.25) is 14.4 Å². The number of sulfonamides is 1. The molecule has 1 aliphatic rings. The molecule has 7 nitrogen and oxygen atoms in total. The fraction of sp³-hybridized carbons (Fsp3) is 0.167. The number of benzene rings is 3. The molecule has 1 N–H and O–H groups in total. The number of hydrogen-bond acceptors (Lipinski definition) is 6. The summed E-state index contributed by atoms with van der Waals surface area (Å²) in [7, 11) is -2.40. The largest absolute Gasteiger partial charge is 0.496 e. The van der Waals surface area contributed by atoms with Crippen LogP contribution in [0.15, 0.2) is 65.6 Å². The third-order valence-electron chi connectivity index (χ3n) is 5.61. The number of rotatable bonds is 5. The van der Waals surface area contributed by atoms with Gasteiger partial charge in [-0.05, 0) is 60.9 Å². The molecule has 2 heterocycles. The highest BCUT2D eigenvalue weighted by Gasteiger charge is 2.31. The van der Waals surface area contributed by atoms with E-state index in [9.17, 15) is 13.2 Å². The molecule has 0 bridgehead atoms. The molecule has 3 aromatic carbocycles. The zero-order valence-electron chi connectivity index (χ0n) is 18.0. The summed E-state index contributed by atoms with van der Waals surface area (Å²) < 4.78 is 34.5. The van der Waals surface area contributed by atoms with Crippen molar-refractivity contribution in [1.82, 2.24) is 4.98 Å². The van der Waals surface area contributed by atoms with E-state index in [1.54, 1.807) is 6.07 Å². The Morgan fingerprint density at radius 2 is 1.94 bits per heavy atom. The number of carbonyl (C=O) groups is 1. The molecule has 0 saturated carbocycles. The number of ether oxygens (including phenoxy) is 1. The van der Waals surface area contributed by atoms with E-state index in [1.807, 2.05) is 43.3 Å². The quantitative estimate of drug-likeness (QED) is 0.451. The summed E-state index contributed by atoms with van der Waals surface area (Å²) in [5, 5.41) is 3.22. The van der Waals surface area contributed by atoms with Crippen LogP contribution in [0, 0.1) is 6.92 Å². The van der Waals surface area contributed by atoms with Crippen molar-refractivity contribution in [1.29, 1.82) is 0 Å². The number of anilines is 2. The Kier molecular flexibility index (Phi) is 5.30. The van der Waals surface area contributed by atoms with Crippen LogP contribution in [-0.4, -0.2) is 33.0 Å². The van der Waals surface area contributed by atoms with Crippen LogP contribution in [0.3, 0.4) is 0 Å². The third kappa shape index (κ3) is 3.83. The molecule has 0 fully saturated rings. The molecule has 168 valence electrons. The molecule has 0 saturated heterocycles. The van der Waals surface area contributed by atoms with Crippen LogP contribution >= 0.6 is 11.3 Å². The Bertz CT molecular complexity index is 1490. The maximum atomic E-state index is 13.4. The van der Waals surface area contributed by atoms with Gasteiger partial charge >= 0.3 is 0 Å². The Hall–Kier alpha value is -3.43. The second kappa shape index (κ2) is 8.17. The lowest BCUT2D eigenvalue weighted by molar-refractivity contribution is 0.102. The lowest BCUT2D eigenvalue weighted by atomic mass is 10.2. The van der Waals surface area contributed by atoms with E-state index in [0.717, 1.165) is 21.3 Å². The van der Waals surface area contributed by atoms with Crippen molar-refractivity contribution in [3.63, 3.8) is 0 Å². The van der Waals surface area contributed by atoms with Crippen molar-refractivity contribution in [3.05, 3.63) is 77.4 Å². The van der Waals surface area contributed by atoms with Gasteiger partial charge in [0.15, 0.2) is 5.13 Å². The zero-order valence-corrected chi connectivity index (χ0v) is 19.7. The number of aromatic nitrogens is 1. The summed E-state index contributed by atoms with van der Waals surface area (Å²) >= 11 is 1.36. The first-order valence-electron chi connectivity index (χ1n) is 10.3. The van der Waals surface area contributed by atoms with Crippen molar-refractivity contribution in [2.75, 3.05) is 23.3 Å². The average Bonchev–Trinajstić information content (AvgIpc) is 3.42. The molecule has 5 rings (SSSR count). The van der Waals surface area contributed by atoms with E-state index in [4.69, 9.17) is 4.74 Å². The molecule has 0 unspecified atom stereocenters. The van der Waals surface area contributed by atoms with Gasteiger partial charge in [-0.1, -0.05) is 35.6 Å². The van der Waals surface area contributed by atoms with Crippen LogP contribution in [0.1, 0.15) is 21.5 Å². The Morgan fingerprint density at radius 3 is 2.76 bits per heavy atom. The monoisotopic (exact) mass is 479 g/mol. The second-order valence-electron chi connectivity index (χ2n) is 7.76. The molecule has 0 spiro atoms. The summed E-state index contributed by atoms with van der Waals surface area (Å²) in [6.07, 6.45) is 0.649. The van der Waals surface area contributed by atoms with Crippen molar-refractivity contribution < 1.29 is 17.9 Å². The first kappa shape index (κ1) is 21.4. The summed E-state index contributed by atoms with van der Waals surface area (Å²) in [6.45, 7) is 2.35. The normalized spacial score (nSPS) is 13.2. The highest BCUT2D eigenvalue weighted by Crippen LogP contribution is 2.34. The number of thiazole rings is 1. The molecule has 0 radical (unpaired) electrons. The van der Waals surface area contributed by atoms with Gasteiger partial charge in [0.25, 0.3) is 15.9 Å². The molecule has 0 atom stereocenters. The number of nitrogens with zero attached hydrogens (tertiary/aromatic N) is 2. The number of hydrogen-bond donors (Lipinski definition) is 1. The summed E-state index contributed by atoms with van der Waals surface area (Å²) in [6, 6.07) is 17.6. The maximum absolute atomic E-state index is 13.4. The molecular formula is C24H21N3O4S2. The predicted octanol–water partition coefficient (Wildman–Crippen LogP) is 4.62. The number of amides is 1. The van der Waals surface area contributed by atoms with E-state index >= 15 is 0 Å². The minimum absolute atomic E-state index is 0.0325. The van der Waals surface area contributed by atoms with Crippen LogP contribution in [0.4, 0.5) is 10.8 Å². The molecule has 9 heteroatoms. The van der Waals surface area contributed by atoms with E-state index < -0.39 is 15.9 Å². The first-order valence-corrected chi connectivity index (χ1v) is 12.6. The number of para-hydroxylation sites is 1. The lowest BCUT2D eigenvalue weighted by Crippen LogP contribution is -2.29. The molecular weight excluding hydrogens is 458 g/mol. The van der Waals surface area contributed by atoms with Gasteiger partial charge in [0.2, 0.25) is 0 Å². The summed E-state index contributed by atoms with van der Waals surface area (Å²) in [5.41, 5.74) is 3.67. The predicted molar refractivity (Wildman–Crippen MR) is 130 cm³/mol. The van der Waals surface area contributed by atoms with E-state index in [-0.39, 0.29) is 16.2 Å². The van der Waals surface area contributed by atoms with Crippen LogP contribution in [-0.2, 0) is 16.4 Å². The van der Waals surface area contributed by atoms with Crippen LogP contribution in [0.5, 0.6) is 5.75 Å². The fourth-order valence-corrected chi connectivity index (χ4v) is 6.45. The van der Waals surface area contributed by atoms with Gasteiger partial charge in [-0.25, -0.2) is 13.4 Å². The highest BCUT2D eigenvalue weighted by atomic mass is 32.2. The Balaban J connectivity index is 1.48. The highest BCUT2D eigenvalue weighted by molar-refractivity contribution is 7.92. The SMILES string of the molecule is COc1ccc(S(=O)(=O)N2CCc3ccccc32)cc1C(=O)Nc1nc2ccc(C)cc2s1.